The van der Waals surface area contributed by atoms with Crippen LogP contribution in [0.2, 0.25) is 0 Å². The van der Waals surface area contributed by atoms with Gasteiger partial charge in [-0.25, -0.2) is 0 Å². The highest BCUT2D eigenvalue weighted by atomic mass is 15.3. The van der Waals surface area contributed by atoms with Gasteiger partial charge in [0.25, 0.3) is 0 Å². The zero-order valence-corrected chi connectivity index (χ0v) is 21.4. The predicted octanol–water partition coefficient (Wildman–Crippen LogP) is 7.72. The summed E-state index contributed by atoms with van der Waals surface area (Å²) < 4.78 is 0. The van der Waals surface area contributed by atoms with E-state index in [0.29, 0.717) is 0 Å². The quantitative estimate of drug-likeness (QED) is 0.117. The number of anilines is 3. The molecule has 1 aliphatic rings. The third kappa shape index (κ3) is 4.40. The van der Waals surface area contributed by atoms with Crippen LogP contribution in [0.3, 0.4) is 0 Å². The highest BCUT2D eigenvalue weighted by Crippen LogP contribution is 2.43. The van der Waals surface area contributed by atoms with Crippen molar-refractivity contribution >= 4 is 49.4 Å². The third-order valence-corrected chi connectivity index (χ3v) is 7.34. The van der Waals surface area contributed by atoms with Gasteiger partial charge in [0.15, 0.2) is 0 Å². The molecule has 0 radical (unpaired) electrons. The lowest BCUT2D eigenvalue weighted by atomic mass is 9.91. The van der Waals surface area contributed by atoms with Gasteiger partial charge in [0.1, 0.15) is 0 Å². The van der Waals surface area contributed by atoms with Gasteiger partial charge in [-0.05, 0) is 64.2 Å². The minimum atomic E-state index is -0.133. The zero-order chi connectivity index (χ0) is 25.9. The van der Waals surface area contributed by atoms with Crippen LogP contribution in [0.4, 0.5) is 17.1 Å². The SMILES string of the molecule is C=C/C=C\C(N)/C=C\C=C/NNc1ccc2ccc3c(N4CCCc5ccccc54)ccc4ccc1c2c43. The molecule has 0 amide bonds. The number of benzene rings is 5. The number of hydrogen-bond donors (Lipinski definition) is 3. The average molecular weight is 497 g/mol. The summed E-state index contributed by atoms with van der Waals surface area (Å²) in [6.07, 6.45) is 15.4. The van der Waals surface area contributed by atoms with Gasteiger partial charge in [0.2, 0.25) is 0 Å². The number of para-hydroxylation sites is 1. The van der Waals surface area contributed by atoms with Crippen molar-refractivity contribution in [2.45, 2.75) is 18.9 Å². The van der Waals surface area contributed by atoms with Crippen LogP contribution in [-0.2, 0) is 6.42 Å². The minimum Gasteiger partial charge on any atom is -0.341 e. The maximum absolute atomic E-state index is 5.99. The Hall–Kier alpha value is -4.54. The van der Waals surface area contributed by atoms with Crippen molar-refractivity contribution in [1.82, 2.24) is 5.43 Å². The second-order valence-electron chi connectivity index (χ2n) is 9.72. The Morgan fingerprint density at radius 2 is 1.53 bits per heavy atom. The Balaban J connectivity index is 1.34. The average Bonchev–Trinajstić information content (AvgIpc) is 2.96. The summed E-state index contributed by atoms with van der Waals surface area (Å²) in [6.45, 7) is 4.70. The second-order valence-corrected chi connectivity index (χ2v) is 9.72. The number of hydrogen-bond acceptors (Lipinski definition) is 4. The van der Waals surface area contributed by atoms with Gasteiger partial charge in [-0.3, -0.25) is 0 Å². The Labute approximate surface area is 223 Å². The van der Waals surface area contributed by atoms with Crippen molar-refractivity contribution in [3.63, 3.8) is 0 Å². The van der Waals surface area contributed by atoms with Gasteiger partial charge in [0.05, 0.1) is 5.69 Å². The minimum absolute atomic E-state index is 0.133. The first-order valence-corrected chi connectivity index (χ1v) is 13.2. The van der Waals surface area contributed by atoms with Gasteiger partial charge in [-0.15, -0.1) is 0 Å². The molecule has 1 atom stereocenters. The van der Waals surface area contributed by atoms with Crippen LogP contribution in [0.25, 0.3) is 32.3 Å². The van der Waals surface area contributed by atoms with Crippen LogP contribution in [0.1, 0.15) is 12.0 Å². The highest BCUT2D eigenvalue weighted by molar-refractivity contribution is 6.27. The normalized spacial score (nSPS) is 14.8. The maximum Gasteiger partial charge on any atom is 0.0618 e. The van der Waals surface area contributed by atoms with Crippen LogP contribution in [0.15, 0.2) is 122 Å². The smallest absolute Gasteiger partial charge is 0.0618 e. The second kappa shape index (κ2) is 10.4. The van der Waals surface area contributed by atoms with Crippen molar-refractivity contribution in [2.75, 3.05) is 16.9 Å². The van der Waals surface area contributed by atoms with E-state index in [1.54, 1.807) is 6.08 Å². The Morgan fingerprint density at radius 3 is 2.39 bits per heavy atom. The van der Waals surface area contributed by atoms with Gasteiger partial charge in [-0.1, -0.05) is 91.6 Å². The molecule has 1 unspecified atom stereocenters. The van der Waals surface area contributed by atoms with Crippen LogP contribution in [0, 0.1) is 0 Å². The van der Waals surface area contributed by atoms with E-state index < -0.39 is 0 Å². The maximum atomic E-state index is 5.99. The lowest BCUT2D eigenvalue weighted by Gasteiger charge is -2.32. The van der Waals surface area contributed by atoms with Crippen LogP contribution < -0.4 is 21.5 Å². The number of rotatable bonds is 8. The summed E-state index contributed by atoms with van der Waals surface area (Å²) >= 11 is 0. The molecule has 0 saturated carbocycles. The highest BCUT2D eigenvalue weighted by Gasteiger charge is 2.21. The molecule has 1 aliphatic heterocycles. The summed E-state index contributed by atoms with van der Waals surface area (Å²) in [7, 11) is 0. The number of nitrogens with one attached hydrogen (secondary N) is 2. The van der Waals surface area contributed by atoms with E-state index in [1.807, 2.05) is 36.6 Å². The number of hydrazine groups is 1. The Kier molecular flexibility index (Phi) is 6.55. The molecule has 0 saturated heterocycles. The Bertz CT molecular complexity index is 1690. The summed E-state index contributed by atoms with van der Waals surface area (Å²) in [5.41, 5.74) is 17.6. The number of allylic oxidation sites excluding steroid dienone is 4. The fourth-order valence-electron chi connectivity index (χ4n) is 5.60. The first kappa shape index (κ1) is 23.8. The molecular formula is C34H32N4. The van der Waals surface area contributed by atoms with E-state index in [1.165, 1.54) is 55.7 Å². The molecule has 38 heavy (non-hydrogen) atoms. The van der Waals surface area contributed by atoms with E-state index in [-0.39, 0.29) is 6.04 Å². The summed E-state index contributed by atoms with van der Waals surface area (Å²) in [4.78, 5) is 2.50. The summed E-state index contributed by atoms with van der Waals surface area (Å²) in [6, 6.07) is 26.6. The molecule has 1 heterocycles. The monoisotopic (exact) mass is 496 g/mol. The first-order valence-electron chi connectivity index (χ1n) is 13.2. The van der Waals surface area contributed by atoms with Gasteiger partial charge in [-0.2, -0.15) is 0 Å². The number of nitrogens with zero attached hydrogens (tertiary/aromatic N) is 1. The van der Waals surface area contributed by atoms with Crippen molar-refractivity contribution in [3.8, 4) is 0 Å². The zero-order valence-electron chi connectivity index (χ0n) is 21.4. The number of fused-ring (bicyclic) bond motifs is 1. The molecule has 188 valence electrons. The van der Waals surface area contributed by atoms with Crippen molar-refractivity contribution in [3.05, 3.63) is 128 Å². The topological polar surface area (TPSA) is 53.3 Å². The molecule has 4 heteroatoms. The van der Waals surface area contributed by atoms with Gasteiger partial charge in [0, 0.05) is 40.9 Å². The van der Waals surface area contributed by atoms with E-state index in [4.69, 9.17) is 5.73 Å². The predicted molar refractivity (Wildman–Crippen MR) is 164 cm³/mol. The number of nitrogens with two attached hydrogens (primary N) is 1. The van der Waals surface area contributed by atoms with E-state index in [9.17, 15) is 0 Å². The van der Waals surface area contributed by atoms with Crippen molar-refractivity contribution < 1.29 is 0 Å². The largest absolute Gasteiger partial charge is 0.341 e. The van der Waals surface area contributed by atoms with Crippen LogP contribution in [0.5, 0.6) is 0 Å². The molecule has 5 aromatic carbocycles. The third-order valence-electron chi connectivity index (χ3n) is 7.34. The van der Waals surface area contributed by atoms with Gasteiger partial charge >= 0.3 is 0 Å². The van der Waals surface area contributed by atoms with E-state index in [2.05, 4.69) is 95.1 Å². The standard InChI is InChI=1S/C34H32N4/c1-2-3-11-27(35)12-6-7-22-36-37-30-20-16-25-15-19-29-32(21-17-26-14-18-28(30)33(25)34(26)29)38-23-8-10-24-9-4-5-13-31(24)38/h2-7,9,11-22,27,36-37H,1,8,10,23,35H2/b11-3-,12-6-,22-7-. The van der Waals surface area contributed by atoms with E-state index >= 15 is 0 Å². The summed E-state index contributed by atoms with van der Waals surface area (Å²) in [5, 5.41) is 7.63. The van der Waals surface area contributed by atoms with Crippen LogP contribution >= 0.6 is 0 Å². The van der Waals surface area contributed by atoms with Crippen molar-refractivity contribution in [1.29, 1.82) is 0 Å². The summed E-state index contributed by atoms with van der Waals surface area (Å²) in [5.74, 6) is 0. The molecule has 6 rings (SSSR count). The van der Waals surface area contributed by atoms with Crippen molar-refractivity contribution in [2.24, 2.45) is 5.73 Å². The lowest BCUT2D eigenvalue weighted by molar-refractivity contribution is 0.768. The lowest BCUT2D eigenvalue weighted by Crippen LogP contribution is -2.24. The molecule has 0 bridgehead atoms. The molecule has 4 N–H and O–H groups in total. The molecule has 0 aromatic heterocycles. The molecule has 4 nitrogen and oxygen atoms in total. The van der Waals surface area contributed by atoms with E-state index in [0.717, 1.165) is 18.7 Å². The molecule has 0 fully saturated rings. The fourth-order valence-corrected chi connectivity index (χ4v) is 5.60. The molecular weight excluding hydrogens is 464 g/mol. The first-order chi connectivity index (χ1) is 18.7. The fraction of sp³-hybridized carbons (Fsp3) is 0.118. The number of aryl methyl sites for hydroxylation is 1. The van der Waals surface area contributed by atoms with Crippen LogP contribution in [-0.4, -0.2) is 12.6 Å². The molecule has 5 aromatic rings. The Morgan fingerprint density at radius 1 is 0.789 bits per heavy atom. The molecule has 0 spiro atoms. The molecule has 0 aliphatic carbocycles. The van der Waals surface area contributed by atoms with Gasteiger partial charge < -0.3 is 21.5 Å².